The number of nitrogens with one attached hydrogen (secondary N) is 2. The van der Waals surface area contributed by atoms with E-state index in [0.717, 1.165) is 41.2 Å². The van der Waals surface area contributed by atoms with Crippen LogP contribution in [0.25, 0.3) is 0 Å². The van der Waals surface area contributed by atoms with E-state index in [1.807, 2.05) is 71.0 Å². The Hall–Kier alpha value is -2.58. The highest BCUT2D eigenvalue weighted by molar-refractivity contribution is 8.00. The number of aromatic nitrogens is 2. The van der Waals surface area contributed by atoms with Crippen molar-refractivity contribution >= 4 is 35.2 Å². The molecule has 0 unspecified atom stereocenters. The lowest BCUT2D eigenvalue weighted by molar-refractivity contribution is -0.113. The molecule has 32 heavy (non-hydrogen) atoms. The molecule has 3 heterocycles. The van der Waals surface area contributed by atoms with E-state index in [0.29, 0.717) is 23.7 Å². The third-order valence-corrected chi connectivity index (χ3v) is 8.15. The number of ether oxygens (including phenoxy) is 1. The van der Waals surface area contributed by atoms with Crippen molar-refractivity contribution in [1.82, 2.24) is 9.78 Å². The topological polar surface area (TPSA) is 76.1 Å². The van der Waals surface area contributed by atoms with Gasteiger partial charge in [0, 0.05) is 0 Å². The fourth-order valence-corrected chi connectivity index (χ4v) is 6.43. The highest BCUT2D eigenvalue weighted by Gasteiger charge is 2.32. The maximum absolute atomic E-state index is 13.1. The average Bonchev–Trinajstić information content (AvgIpc) is 3.04. The number of aromatic amines is 1. The zero-order chi connectivity index (χ0) is 21.9. The van der Waals surface area contributed by atoms with Crippen molar-refractivity contribution in [3.05, 3.63) is 81.6 Å². The number of nitrogens with zero attached hydrogens (tertiary/aromatic N) is 1. The van der Waals surface area contributed by atoms with Crippen molar-refractivity contribution in [3.63, 3.8) is 0 Å². The van der Waals surface area contributed by atoms with Gasteiger partial charge in [-0.3, -0.25) is 19.4 Å². The highest BCUT2D eigenvalue weighted by Crippen LogP contribution is 2.42. The molecule has 0 bridgehead atoms. The van der Waals surface area contributed by atoms with E-state index >= 15 is 0 Å². The largest absolute Gasteiger partial charge is 0.489 e. The minimum Gasteiger partial charge on any atom is -0.489 e. The second kappa shape index (κ2) is 9.50. The van der Waals surface area contributed by atoms with Crippen molar-refractivity contribution in [2.45, 2.75) is 30.7 Å². The first-order valence-electron chi connectivity index (χ1n) is 10.8. The molecule has 0 saturated carbocycles. The van der Waals surface area contributed by atoms with Gasteiger partial charge in [-0.25, -0.2) is 0 Å². The quantitative estimate of drug-likeness (QED) is 0.574. The maximum atomic E-state index is 13.1. The molecule has 0 radical (unpaired) electrons. The van der Waals surface area contributed by atoms with Crippen LogP contribution in [0.5, 0.6) is 5.75 Å². The Labute approximate surface area is 195 Å². The van der Waals surface area contributed by atoms with Crippen LogP contribution in [0.3, 0.4) is 0 Å². The number of carbonyl (C=O) groups excluding carboxylic acids is 1. The summed E-state index contributed by atoms with van der Waals surface area (Å²) in [7, 11) is 0. The molecule has 1 fully saturated rings. The summed E-state index contributed by atoms with van der Waals surface area (Å²) in [5.74, 6) is 3.72. The van der Waals surface area contributed by atoms with Gasteiger partial charge in [0.15, 0.2) is 0 Å². The Morgan fingerprint density at radius 3 is 2.66 bits per heavy atom. The van der Waals surface area contributed by atoms with Crippen LogP contribution in [0.15, 0.2) is 59.4 Å². The average molecular weight is 468 g/mol. The summed E-state index contributed by atoms with van der Waals surface area (Å²) in [6.45, 7) is 0.476. The summed E-state index contributed by atoms with van der Waals surface area (Å²) in [4.78, 5) is 25.6. The maximum Gasteiger partial charge on any atom is 0.270 e. The molecule has 1 aromatic heterocycles. The summed E-state index contributed by atoms with van der Waals surface area (Å²) < 4.78 is 7.92. The number of thioether (sulfide) groups is 2. The summed E-state index contributed by atoms with van der Waals surface area (Å²) in [6.07, 6.45) is 1.97. The van der Waals surface area contributed by atoms with Crippen molar-refractivity contribution in [1.29, 1.82) is 0 Å². The molecule has 2 aromatic carbocycles. The van der Waals surface area contributed by atoms with Crippen LogP contribution >= 0.6 is 23.5 Å². The molecule has 2 aliphatic heterocycles. The van der Waals surface area contributed by atoms with Crippen LogP contribution in [0.2, 0.25) is 0 Å². The van der Waals surface area contributed by atoms with Crippen LogP contribution < -0.4 is 15.6 Å². The van der Waals surface area contributed by atoms with Gasteiger partial charge in [-0.2, -0.15) is 11.8 Å². The standard InChI is InChI=1S/C24H25N3O3S2/c28-20-15-32-22(17-7-4-8-19(13-17)30-14-16-5-2-1-3-6-16)21-23(25-20)27(26-24(21)29)18-9-11-31-12-10-18/h1-8,13,18,22H,9-12,14-15H2,(H,25,28)(H,26,29)/t22-/m0/s1. The number of carbonyl (C=O) groups is 1. The van der Waals surface area contributed by atoms with Gasteiger partial charge >= 0.3 is 0 Å². The molecular weight excluding hydrogens is 442 g/mol. The molecule has 2 aliphatic rings. The minimum atomic E-state index is -0.243. The van der Waals surface area contributed by atoms with Gasteiger partial charge in [-0.05, 0) is 47.6 Å². The van der Waals surface area contributed by atoms with Crippen LogP contribution in [0.4, 0.5) is 5.82 Å². The van der Waals surface area contributed by atoms with E-state index in [9.17, 15) is 9.59 Å². The van der Waals surface area contributed by atoms with Gasteiger partial charge < -0.3 is 10.1 Å². The molecule has 5 rings (SSSR count). The lowest BCUT2D eigenvalue weighted by atomic mass is 10.1. The third kappa shape index (κ3) is 4.47. The predicted molar refractivity (Wildman–Crippen MR) is 131 cm³/mol. The Kier molecular flexibility index (Phi) is 6.32. The molecule has 1 atom stereocenters. The van der Waals surface area contributed by atoms with E-state index in [1.165, 1.54) is 11.8 Å². The summed E-state index contributed by atoms with van der Waals surface area (Å²) in [6, 6.07) is 18.1. The second-order valence-corrected chi connectivity index (χ2v) is 10.3. The van der Waals surface area contributed by atoms with E-state index in [4.69, 9.17) is 4.74 Å². The first-order valence-corrected chi connectivity index (χ1v) is 13.0. The highest BCUT2D eigenvalue weighted by atomic mass is 32.2. The van der Waals surface area contributed by atoms with Crippen LogP contribution in [-0.2, 0) is 11.4 Å². The van der Waals surface area contributed by atoms with Gasteiger partial charge in [-0.15, -0.1) is 11.8 Å². The number of benzene rings is 2. The number of fused-ring (bicyclic) bond motifs is 1. The van der Waals surface area contributed by atoms with Gasteiger partial charge in [0.25, 0.3) is 5.56 Å². The number of anilines is 1. The normalized spacial score (nSPS) is 19.1. The van der Waals surface area contributed by atoms with Crippen molar-refractivity contribution < 1.29 is 9.53 Å². The Morgan fingerprint density at radius 1 is 1.03 bits per heavy atom. The first kappa shape index (κ1) is 21.3. The Balaban J connectivity index is 1.46. The molecule has 0 spiro atoms. The fourth-order valence-electron chi connectivity index (χ4n) is 4.23. The number of H-pyrrole nitrogens is 1. The second-order valence-electron chi connectivity index (χ2n) is 8.00. The smallest absolute Gasteiger partial charge is 0.270 e. The Bertz CT molecular complexity index is 1150. The van der Waals surface area contributed by atoms with E-state index < -0.39 is 0 Å². The number of hydrogen-bond acceptors (Lipinski definition) is 5. The summed E-state index contributed by atoms with van der Waals surface area (Å²) >= 11 is 3.41. The number of amides is 1. The zero-order valence-corrected chi connectivity index (χ0v) is 19.2. The predicted octanol–water partition coefficient (Wildman–Crippen LogP) is 4.60. The third-order valence-electron chi connectivity index (χ3n) is 5.83. The molecule has 6 nitrogen and oxygen atoms in total. The van der Waals surface area contributed by atoms with Gasteiger partial charge in [0.05, 0.1) is 22.6 Å². The molecule has 2 N–H and O–H groups in total. The van der Waals surface area contributed by atoms with Crippen molar-refractivity contribution in [3.8, 4) is 5.75 Å². The van der Waals surface area contributed by atoms with E-state index in [1.54, 1.807) is 0 Å². The number of rotatable bonds is 5. The molecule has 8 heteroatoms. The fraction of sp³-hybridized carbons (Fsp3) is 0.333. The summed E-state index contributed by atoms with van der Waals surface area (Å²) in [5, 5.41) is 5.79. The summed E-state index contributed by atoms with van der Waals surface area (Å²) in [5.41, 5.74) is 2.55. The SMILES string of the molecule is O=C1CS[C@@H](c2cccc(OCc3ccccc3)c2)c2c(n(C3CCSCC3)[nH]c2=O)N1. The molecular formula is C24H25N3O3S2. The van der Waals surface area contributed by atoms with Gasteiger partial charge in [0.2, 0.25) is 5.91 Å². The number of hydrogen-bond donors (Lipinski definition) is 2. The van der Waals surface area contributed by atoms with Crippen LogP contribution in [0.1, 0.15) is 40.8 Å². The van der Waals surface area contributed by atoms with E-state index in [-0.39, 0.29) is 22.8 Å². The lowest BCUT2D eigenvalue weighted by Gasteiger charge is -2.24. The van der Waals surface area contributed by atoms with E-state index in [2.05, 4.69) is 10.4 Å². The van der Waals surface area contributed by atoms with Crippen molar-refractivity contribution in [2.24, 2.45) is 0 Å². The van der Waals surface area contributed by atoms with Gasteiger partial charge in [0.1, 0.15) is 18.2 Å². The van der Waals surface area contributed by atoms with Crippen LogP contribution in [-0.4, -0.2) is 32.9 Å². The van der Waals surface area contributed by atoms with Crippen molar-refractivity contribution in [2.75, 3.05) is 22.6 Å². The molecule has 166 valence electrons. The minimum absolute atomic E-state index is 0.0758. The Morgan fingerprint density at radius 2 is 1.84 bits per heavy atom. The molecule has 0 aliphatic carbocycles. The van der Waals surface area contributed by atoms with Crippen LogP contribution in [0, 0.1) is 0 Å². The zero-order valence-electron chi connectivity index (χ0n) is 17.6. The molecule has 1 amide bonds. The van der Waals surface area contributed by atoms with Gasteiger partial charge in [-0.1, -0.05) is 42.5 Å². The molecule has 3 aromatic rings. The monoisotopic (exact) mass is 467 g/mol. The molecule has 1 saturated heterocycles. The first-order chi connectivity index (χ1) is 15.7. The lowest BCUT2D eigenvalue weighted by Crippen LogP contribution is -2.22.